The van der Waals surface area contributed by atoms with E-state index in [1.54, 1.807) is 24.3 Å². The second-order valence-corrected chi connectivity index (χ2v) is 5.44. The van der Waals surface area contributed by atoms with Gasteiger partial charge in [-0.15, -0.1) is 0 Å². The Balaban J connectivity index is 2.40. The van der Waals surface area contributed by atoms with E-state index in [0.29, 0.717) is 12.1 Å². The molecule has 0 bridgehead atoms. The molecule has 0 radical (unpaired) electrons. The molecule has 90 valence electrons. The SMILES string of the molecule is CNCCCCS(=O)(=O)Nc1ccccc1. The molecule has 0 aliphatic carbocycles. The number of nitrogens with one attached hydrogen (secondary N) is 2. The van der Waals surface area contributed by atoms with Crippen LogP contribution in [0.4, 0.5) is 5.69 Å². The van der Waals surface area contributed by atoms with Crippen molar-refractivity contribution in [2.24, 2.45) is 0 Å². The minimum absolute atomic E-state index is 0.170. The molecule has 5 heteroatoms. The van der Waals surface area contributed by atoms with E-state index in [0.717, 1.165) is 13.0 Å². The topological polar surface area (TPSA) is 58.2 Å². The molecule has 0 aliphatic rings. The van der Waals surface area contributed by atoms with Crippen molar-refractivity contribution in [2.75, 3.05) is 24.1 Å². The van der Waals surface area contributed by atoms with Gasteiger partial charge in [-0.25, -0.2) is 8.42 Å². The highest BCUT2D eigenvalue weighted by Gasteiger charge is 2.08. The van der Waals surface area contributed by atoms with Crippen molar-refractivity contribution in [3.05, 3.63) is 30.3 Å². The summed E-state index contributed by atoms with van der Waals surface area (Å²) in [5.41, 5.74) is 0.621. The van der Waals surface area contributed by atoms with Gasteiger partial charge >= 0.3 is 0 Å². The van der Waals surface area contributed by atoms with Crippen LogP contribution in [-0.2, 0) is 10.0 Å². The Hall–Kier alpha value is -1.07. The highest BCUT2D eigenvalue weighted by molar-refractivity contribution is 7.92. The van der Waals surface area contributed by atoms with Gasteiger partial charge in [0, 0.05) is 5.69 Å². The summed E-state index contributed by atoms with van der Waals surface area (Å²) in [6, 6.07) is 8.94. The van der Waals surface area contributed by atoms with E-state index < -0.39 is 10.0 Å². The summed E-state index contributed by atoms with van der Waals surface area (Å²) in [6.07, 6.45) is 1.54. The van der Waals surface area contributed by atoms with Gasteiger partial charge in [0.15, 0.2) is 0 Å². The van der Waals surface area contributed by atoms with Gasteiger partial charge in [0.2, 0.25) is 10.0 Å². The Morgan fingerprint density at radius 2 is 1.81 bits per heavy atom. The van der Waals surface area contributed by atoms with Crippen molar-refractivity contribution in [3.8, 4) is 0 Å². The zero-order chi connectivity index (χ0) is 11.9. The first-order chi connectivity index (χ1) is 7.64. The highest BCUT2D eigenvalue weighted by atomic mass is 32.2. The maximum absolute atomic E-state index is 11.6. The van der Waals surface area contributed by atoms with Crippen molar-refractivity contribution in [1.29, 1.82) is 0 Å². The Bertz CT molecular complexity index is 390. The molecule has 1 aromatic rings. The average Bonchev–Trinajstić information content (AvgIpc) is 2.25. The smallest absolute Gasteiger partial charge is 0.232 e. The Kier molecular flexibility index (Phi) is 5.28. The zero-order valence-electron chi connectivity index (χ0n) is 9.44. The molecular weight excluding hydrogens is 224 g/mol. The maximum atomic E-state index is 11.6. The monoisotopic (exact) mass is 242 g/mol. The molecule has 1 rings (SSSR count). The number of hydrogen-bond acceptors (Lipinski definition) is 3. The number of anilines is 1. The largest absolute Gasteiger partial charge is 0.320 e. The zero-order valence-corrected chi connectivity index (χ0v) is 10.3. The molecule has 0 aliphatic heterocycles. The summed E-state index contributed by atoms with van der Waals surface area (Å²) in [6.45, 7) is 0.848. The van der Waals surface area contributed by atoms with Crippen LogP contribution in [0.1, 0.15) is 12.8 Å². The van der Waals surface area contributed by atoms with Gasteiger partial charge in [-0.3, -0.25) is 4.72 Å². The molecule has 0 heterocycles. The minimum atomic E-state index is -3.19. The van der Waals surface area contributed by atoms with Gasteiger partial charge in [-0.1, -0.05) is 18.2 Å². The maximum Gasteiger partial charge on any atom is 0.232 e. The molecule has 2 N–H and O–H groups in total. The fourth-order valence-corrected chi connectivity index (χ4v) is 2.51. The lowest BCUT2D eigenvalue weighted by molar-refractivity contribution is 0.595. The van der Waals surface area contributed by atoms with E-state index in [9.17, 15) is 8.42 Å². The summed E-state index contributed by atoms with van der Waals surface area (Å²) in [4.78, 5) is 0. The number of rotatable bonds is 7. The molecular formula is C11H18N2O2S. The van der Waals surface area contributed by atoms with Gasteiger partial charge in [0.25, 0.3) is 0 Å². The first kappa shape index (κ1) is 13.0. The molecule has 16 heavy (non-hydrogen) atoms. The third-order valence-electron chi connectivity index (χ3n) is 2.14. The van der Waals surface area contributed by atoms with Crippen LogP contribution in [0.3, 0.4) is 0 Å². The summed E-state index contributed by atoms with van der Waals surface area (Å²) in [5, 5.41) is 2.99. The second kappa shape index (κ2) is 6.50. The molecule has 0 fully saturated rings. The minimum Gasteiger partial charge on any atom is -0.320 e. The first-order valence-corrected chi connectivity index (χ1v) is 6.99. The van der Waals surface area contributed by atoms with Gasteiger partial charge in [-0.2, -0.15) is 0 Å². The van der Waals surface area contributed by atoms with E-state index in [1.165, 1.54) is 0 Å². The number of unbranched alkanes of at least 4 members (excludes halogenated alkanes) is 1. The van der Waals surface area contributed by atoms with Gasteiger partial charge < -0.3 is 5.32 Å². The Morgan fingerprint density at radius 1 is 1.12 bits per heavy atom. The van der Waals surface area contributed by atoms with Gasteiger partial charge in [0.1, 0.15) is 0 Å². The predicted octanol–water partition coefficient (Wildman–Crippen LogP) is 1.43. The van der Waals surface area contributed by atoms with Crippen LogP contribution in [0, 0.1) is 0 Å². The summed E-state index contributed by atoms with van der Waals surface area (Å²) >= 11 is 0. The second-order valence-electron chi connectivity index (χ2n) is 3.60. The van der Waals surface area contributed by atoms with Crippen LogP contribution in [0.5, 0.6) is 0 Å². The van der Waals surface area contributed by atoms with E-state index in [2.05, 4.69) is 10.0 Å². The predicted molar refractivity (Wildman–Crippen MR) is 67.0 cm³/mol. The molecule has 0 spiro atoms. The van der Waals surface area contributed by atoms with Crippen LogP contribution >= 0.6 is 0 Å². The number of para-hydroxylation sites is 1. The lowest BCUT2D eigenvalue weighted by Gasteiger charge is -2.07. The number of benzene rings is 1. The summed E-state index contributed by atoms with van der Waals surface area (Å²) in [5.74, 6) is 0.170. The molecule has 0 amide bonds. The molecule has 0 saturated carbocycles. The third kappa shape index (κ3) is 5.14. The van der Waals surface area contributed by atoms with E-state index in [1.807, 2.05) is 13.1 Å². The van der Waals surface area contributed by atoms with Crippen LogP contribution in [0.2, 0.25) is 0 Å². The molecule has 0 unspecified atom stereocenters. The van der Waals surface area contributed by atoms with Crippen LogP contribution in [0.15, 0.2) is 30.3 Å². The molecule has 4 nitrogen and oxygen atoms in total. The molecule has 0 saturated heterocycles. The van der Waals surface area contributed by atoms with E-state index in [-0.39, 0.29) is 5.75 Å². The number of hydrogen-bond donors (Lipinski definition) is 2. The van der Waals surface area contributed by atoms with Gasteiger partial charge in [0.05, 0.1) is 5.75 Å². The average molecular weight is 242 g/mol. The quantitative estimate of drug-likeness (QED) is 0.711. The first-order valence-electron chi connectivity index (χ1n) is 5.34. The van der Waals surface area contributed by atoms with Crippen LogP contribution in [0.25, 0.3) is 0 Å². The lowest BCUT2D eigenvalue weighted by Crippen LogP contribution is -2.18. The van der Waals surface area contributed by atoms with Crippen LogP contribution in [-0.4, -0.2) is 27.8 Å². The summed E-state index contributed by atoms with van der Waals surface area (Å²) < 4.78 is 25.8. The normalized spacial score (nSPS) is 11.3. The van der Waals surface area contributed by atoms with Crippen LogP contribution < -0.4 is 10.0 Å². The molecule has 0 atom stereocenters. The van der Waals surface area contributed by atoms with Gasteiger partial charge in [-0.05, 0) is 38.6 Å². The van der Waals surface area contributed by atoms with Crippen molar-refractivity contribution in [3.63, 3.8) is 0 Å². The number of sulfonamides is 1. The fraction of sp³-hybridized carbons (Fsp3) is 0.455. The third-order valence-corrected chi connectivity index (χ3v) is 3.51. The van der Waals surface area contributed by atoms with E-state index >= 15 is 0 Å². The van der Waals surface area contributed by atoms with E-state index in [4.69, 9.17) is 0 Å². The van der Waals surface area contributed by atoms with Crippen molar-refractivity contribution in [2.45, 2.75) is 12.8 Å². The lowest BCUT2D eigenvalue weighted by atomic mass is 10.3. The Morgan fingerprint density at radius 3 is 2.44 bits per heavy atom. The highest BCUT2D eigenvalue weighted by Crippen LogP contribution is 2.08. The van der Waals surface area contributed by atoms with Crippen molar-refractivity contribution < 1.29 is 8.42 Å². The Labute approximate surface area is 97.1 Å². The van der Waals surface area contributed by atoms with Crippen molar-refractivity contribution in [1.82, 2.24) is 5.32 Å². The van der Waals surface area contributed by atoms with Crippen molar-refractivity contribution >= 4 is 15.7 Å². The summed E-state index contributed by atoms with van der Waals surface area (Å²) in [7, 11) is -1.34. The fourth-order valence-electron chi connectivity index (χ4n) is 1.33. The molecule has 0 aromatic heterocycles. The standard InChI is InChI=1S/C11H18N2O2S/c1-12-9-5-6-10-16(14,15)13-11-7-3-2-4-8-11/h2-4,7-8,12-13H,5-6,9-10H2,1H3. The molecule has 1 aromatic carbocycles.